The lowest BCUT2D eigenvalue weighted by Gasteiger charge is -2.14. The normalized spacial score (nSPS) is 13.9. The Kier molecular flexibility index (Phi) is 6.41. The van der Waals surface area contributed by atoms with Gasteiger partial charge in [0.1, 0.15) is 0 Å². The van der Waals surface area contributed by atoms with Crippen LogP contribution in [0.3, 0.4) is 0 Å². The van der Waals surface area contributed by atoms with Gasteiger partial charge in [-0.25, -0.2) is 13.1 Å². The van der Waals surface area contributed by atoms with Crippen molar-refractivity contribution in [2.75, 3.05) is 13.7 Å². The van der Waals surface area contributed by atoms with E-state index in [1.54, 1.807) is 25.5 Å². The van der Waals surface area contributed by atoms with Crippen molar-refractivity contribution in [1.82, 2.24) is 10.0 Å². The van der Waals surface area contributed by atoms with Crippen LogP contribution in [0.2, 0.25) is 0 Å². The molecule has 1 atom stereocenters. The Morgan fingerprint density at radius 2 is 2.05 bits per heavy atom. The Morgan fingerprint density at radius 3 is 2.63 bits per heavy atom. The maximum atomic E-state index is 12.3. The number of thiophene rings is 1. The minimum Gasteiger partial charge on any atom is -0.383 e. The zero-order valence-corrected chi connectivity index (χ0v) is 13.4. The number of ether oxygens (including phenoxy) is 1. The summed E-state index contributed by atoms with van der Waals surface area (Å²) in [6.07, 6.45) is 0. The third kappa shape index (κ3) is 5.19. The molecule has 2 N–H and O–H groups in total. The van der Waals surface area contributed by atoms with Crippen molar-refractivity contribution in [3.8, 4) is 0 Å². The molecule has 0 aliphatic carbocycles. The predicted molar refractivity (Wildman–Crippen MR) is 78.0 cm³/mol. The maximum absolute atomic E-state index is 12.3. The molecule has 1 heterocycles. The minimum atomic E-state index is -3.48. The van der Waals surface area contributed by atoms with Gasteiger partial charge in [-0.3, -0.25) is 0 Å². The molecule has 1 aromatic heterocycles. The molecule has 0 saturated carbocycles. The second-order valence-corrected chi connectivity index (χ2v) is 7.40. The van der Waals surface area contributed by atoms with Crippen molar-refractivity contribution in [3.05, 3.63) is 16.3 Å². The third-order valence-electron chi connectivity index (χ3n) is 2.44. The van der Waals surface area contributed by atoms with Crippen molar-refractivity contribution in [1.29, 1.82) is 0 Å². The molecule has 0 bridgehead atoms. The van der Waals surface area contributed by atoms with Gasteiger partial charge in [-0.2, -0.15) is 0 Å². The molecule has 0 amide bonds. The van der Waals surface area contributed by atoms with E-state index in [-0.39, 0.29) is 6.04 Å². The summed E-state index contributed by atoms with van der Waals surface area (Å²) in [5.41, 5.74) is 0. The monoisotopic (exact) mass is 306 g/mol. The molecule has 0 saturated heterocycles. The molecular weight excluding hydrogens is 284 g/mol. The zero-order chi connectivity index (χ0) is 14.5. The summed E-state index contributed by atoms with van der Waals surface area (Å²) in [6.45, 7) is 6.74. The Hall–Kier alpha value is -0.470. The lowest BCUT2D eigenvalue weighted by Crippen LogP contribution is -2.36. The molecule has 0 radical (unpaired) electrons. The highest BCUT2D eigenvalue weighted by atomic mass is 32.2. The van der Waals surface area contributed by atoms with Crippen molar-refractivity contribution < 1.29 is 13.2 Å². The molecule has 0 aromatic carbocycles. The number of methoxy groups -OCH3 is 1. The highest BCUT2D eigenvalue weighted by Crippen LogP contribution is 2.22. The fraction of sp³-hybridized carbons (Fsp3) is 0.667. The highest BCUT2D eigenvalue weighted by Gasteiger charge is 2.21. The zero-order valence-electron chi connectivity index (χ0n) is 11.8. The second-order valence-electron chi connectivity index (χ2n) is 4.72. The lowest BCUT2D eigenvalue weighted by atomic mass is 10.4. The van der Waals surface area contributed by atoms with E-state index in [9.17, 15) is 8.42 Å². The molecule has 5 nitrogen and oxygen atoms in total. The van der Waals surface area contributed by atoms with E-state index in [2.05, 4.69) is 10.0 Å². The molecule has 7 heteroatoms. The molecule has 1 aromatic rings. The summed E-state index contributed by atoms with van der Waals surface area (Å²) < 4.78 is 32.1. The maximum Gasteiger partial charge on any atom is 0.242 e. The fourth-order valence-electron chi connectivity index (χ4n) is 1.61. The highest BCUT2D eigenvalue weighted by molar-refractivity contribution is 7.89. The summed E-state index contributed by atoms with van der Waals surface area (Å²) in [6, 6.07) is 1.71. The van der Waals surface area contributed by atoms with E-state index < -0.39 is 10.0 Å². The summed E-state index contributed by atoms with van der Waals surface area (Å²) in [5, 5.41) is 5.03. The van der Waals surface area contributed by atoms with Crippen LogP contribution in [0.5, 0.6) is 0 Å². The van der Waals surface area contributed by atoms with Gasteiger partial charge in [0, 0.05) is 30.6 Å². The Labute approximate surface area is 119 Å². The van der Waals surface area contributed by atoms with Gasteiger partial charge in [0.2, 0.25) is 10.0 Å². The van der Waals surface area contributed by atoms with Crippen LogP contribution in [-0.4, -0.2) is 34.2 Å². The molecule has 0 spiro atoms. The van der Waals surface area contributed by atoms with Gasteiger partial charge >= 0.3 is 0 Å². The number of nitrogens with one attached hydrogen (secondary N) is 2. The minimum absolute atomic E-state index is 0.249. The first-order valence-electron chi connectivity index (χ1n) is 6.18. The predicted octanol–water partition coefficient (Wildman–Crippen LogP) is 1.56. The average molecular weight is 306 g/mol. The first-order chi connectivity index (χ1) is 8.86. The summed E-state index contributed by atoms with van der Waals surface area (Å²) in [5.74, 6) is 0. The van der Waals surface area contributed by atoms with Gasteiger partial charge in [0.05, 0.1) is 11.5 Å². The smallest absolute Gasteiger partial charge is 0.242 e. The van der Waals surface area contributed by atoms with Gasteiger partial charge in [0.15, 0.2) is 0 Å². The number of hydrogen-bond acceptors (Lipinski definition) is 5. The van der Waals surface area contributed by atoms with E-state index in [1.807, 2.05) is 13.8 Å². The van der Waals surface area contributed by atoms with E-state index >= 15 is 0 Å². The van der Waals surface area contributed by atoms with Gasteiger partial charge in [0.25, 0.3) is 0 Å². The van der Waals surface area contributed by atoms with Crippen LogP contribution in [0.1, 0.15) is 25.6 Å². The Bertz CT molecular complexity index is 483. The Balaban J connectivity index is 2.81. The third-order valence-corrected chi connectivity index (χ3v) is 5.16. The van der Waals surface area contributed by atoms with E-state index in [4.69, 9.17) is 4.74 Å². The van der Waals surface area contributed by atoms with Crippen LogP contribution in [0.4, 0.5) is 0 Å². The topological polar surface area (TPSA) is 67.4 Å². The van der Waals surface area contributed by atoms with Crippen LogP contribution in [-0.2, 0) is 21.3 Å². The molecular formula is C12H22N2O3S2. The molecule has 1 unspecified atom stereocenters. The van der Waals surface area contributed by atoms with Gasteiger partial charge in [-0.05, 0) is 18.4 Å². The SMILES string of the molecule is COCC(C)NS(=O)(=O)c1ccsc1CNC(C)C. The van der Waals surface area contributed by atoms with Crippen LogP contribution in [0.15, 0.2) is 16.3 Å². The largest absolute Gasteiger partial charge is 0.383 e. The molecule has 0 aliphatic heterocycles. The van der Waals surface area contributed by atoms with Gasteiger partial charge < -0.3 is 10.1 Å². The molecule has 0 fully saturated rings. The van der Waals surface area contributed by atoms with Gasteiger partial charge in [-0.1, -0.05) is 13.8 Å². The molecule has 19 heavy (non-hydrogen) atoms. The summed E-state index contributed by atoms with van der Waals surface area (Å²) >= 11 is 1.45. The number of hydrogen-bond donors (Lipinski definition) is 2. The standard InChI is InChI=1S/C12H22N2O3S2/c1-9(2)13-7-11-12(5-6-18-11)19(15,16)14-10(3)8-17-4/h5-6,9-10,13-14H,7-8H2,1-4H3. The van der Waals surface area contributed by atoms with Crippen LogP contribution in [0, 0.1) is 0 Å². The van der Waals surface area contributed by atoms with Crippen LogP contribution in [0.25, 0.3) is 0 Å². The van der Waals surface area contributed by atoms with Gasteiger partial charge in [-0.15, -0.1) is 11.3 Å². The molecule has 110 valence electrons. The van der Waals surface area contributed by atoms with Crippen molar-refractivity contribution >= 4 is 21.4 Å². The fourth-order valence-corrected chi connectivity index (χ4v) is 4.23. The Morgan fingerprint density at radius 1 is 1.37 bits per heavy atom. The molecule has 1 rings (SSSR count). The second kappa shape index (κ2) is 7.35. The first-order valence-corrected chi connectivity index (χ1v) is 8.54. The average Bonchev–Trinajstić information content (AvgIpc) is 2.74. The number of rotatable bonds is 8. The van der Waals surface area contributed by atoms with E-state index in [0.717, 1.165) is 4.88 Å². The van der Waals surface area contributed by atoms with Crippen molar-refractivity contribution in [3.63, 3.8) is 0 Å². The van der Waals surface area contributed by atoms with Crippen molar-refractivity contribution in [2.45, 2.75) is 44.3 Å². The number of sulfonamides is 1. The van der Waals surface area contributed by atoms with Crippen molar-refractivity contribution in [2.24, 2.45) is 0 Å². The van der Waals surface area contributed by atoms with E-state index in [0.29, 0.717) is 24.1 Å². The molecule has 0 aliphatic rings. The summed E-state index contributed by atoms with van der Waals surface area (Å²) in [7, 11) is -1.93. The lowest BCUT2D eigenvalue weighted by molar-refractivity contribution is 0.180. The van der Waals surface area contributed by atoms with Crippen LogP contribution >= 0.6 is 11.3 Å². The first kappa shape index (κ1) is 16.6. The summed E-state index contributed by atoms with van der Waals surface area (Å²) in [4.78, 5) is 1.18. The van der Waals surface area contributed by atoms with E-state index in [1.165, 1.54) is 11.3 Å². The van der Waals surface area contributed by atoms with Crippen LogP contribution < -0.4 is 10.0 Å². The quantitative estimate of drug-likeness (QED) is 0.765.